The summed E-state index contributed by atoms with van der Waals surface area (Å²) in [5, 5.41) is 3.54. The molecule has 1 amide bonds. The van der Waals surface area contributed by atoms with Crippen LogP contribution in [0.2, 0.25) is 5.02 Å². The van der Waals surface area contributed by atoms with Crippen LogP contribution in [0.1, 0.15) is 21.5 Å². The minimum absolute atomic E-state index is 0.186. The number of aryl methyl sites for hydroxylation is 1. The quantitative estimate of drug-likeness (QED) is 0.614. The molecule has 0 bridgehead atoms. The van der Waals surface area contributed by atoms with E-state index in [1.54, 1.807) is 49.6 Å². The first-order valence-corrected chi connectivity index (χ1v) is 8.86. The molecule has 0 radical (unpaired) electrons. The van der Waals surface area contributed by atoms with Gasteiger partial charge in [-0.2, -0.15) is 0 Å². The minimum Gasteiger partial charge on any atom is -0.496 e. The molecule has 0 aliphatic carbocycles. The van der Waals surface area contributed by atoms with Gasteiger partial charge in [-0.15, -0.1) is 0 Å². The molecule has 0 saturated carbocycles. The van der Waals surface area contributed by atoms with Crippen LogP contribution in [-0.2, 0) is 6.61 Å². The molecule has 5 heteroatoms. The first kappa shape index (κ1) is 18.8. The summed E-state index contributed by atoms with van der Waals surface area (Å²) in [5.74, 6) is 1.17. The highest BCUT2D eigenvalue weighted by atomic mass is 35.5. The molecule has 27 heavy (non-hydrogen) atoms. The average Bonchev–Trinajstić information content (AvgIpc) is 2.69. The summed E-state index contributed by atoms with van der Waals surface area (Å²) in [7, 11) is 1.59. The number of hydrogen-bond donors (Lipinski definition) is 1. The van der Waals surface area contributed by atoms with Gasteiger partial charge in [0, 0.05) is 21.8 Å². The molecular formula is C22H20ClNO3. The second kappa shape index (κ2) is 8.60. The number of ether oxygens (including phenoxy) is 2. The van der Waals surface area contributed by atoms with Crippen LogP contribution >= 0.6 is 11.6 Å². The highest BCUT2D eigenvalue weighted by molar-refractivity contribution is 6.30. The summed E-state index contributed by atoms with van der Waals surface area (Å²) in [4.78, 5) is 12.6. The predicted octanol–water partition coefficient (Wildman–Crippen LogP) is 5.49. The number of rotatable bonds is 6. The van der Waals surface area contributed by atoms with Gasteiger partial charge >= 0.3 is 0 Å². The standard InChI is InChI=1S/C22H20ClNO3/c1-15-3-8-19(9-4-15)24-22(25)16-5-12-21(26-2)17(13-16)14-27-20-10-6-18(23)7-11-20/h3-13H,14H2,1-2H3,(H,24,25). The van der Waals surface area contributed by atoms with E-state index >= 15 is 0 Å². The van der Waals surface area contributed by atoms with Crippen molar-refractivity contribution in [3.8, 4) is 11.5 Å². The fraction of sp³-hybridized carbons (Fsp3) is 0.136. The molecule has 1 N–H and O–H groups in total. The van der Waals surface area contributed by atoms with Crippen LogP contribution in [0.3, 0.4) is 0 Å². The van der Waals surface area contributed by atoms with E-state index in [1.807, 2.05) is 31.2 Å². The normalized spacial score (nSPS) is 10.3. The van der Waals surface area contributed by atoms with Crippen LogP contribution in [0.15, 0.2) is 66.7 Å². The van der Waals surface area contributed by atoms with E-state index in [-0.39, 0.29) is 12.5 Å². The van der Waals surface area contributed by atoms with Crippen molar-refractivity contribution in [2.24, 2.45) is 0 Å². The van der Waals surface area contributed by atoms with Crippen molar-refractivity contribution in [1.82, 2.24) is 0 Å². The van der Waals surface area contributed by atoms with E-state index in [0.717, 1.165) is 16.8 Å². The van der Waals surface area contributed by atoms with Crippen molar-refractivity contribution < 1.29 is 14.3 Å². The monoisotopic (exact) mass is 381 g/mol. The van der Waals surface area contributed by atoms with Crippen molar-refractivity contribution in [1.29, 1.82) is 0 Å². The lowest BCUT2D eigenvalue weighted by Gasteiger charge is -2.12. The Balaban J connectivity index is 1.74. The molecule has 0 atom stereocenters. The lowest BCUT2D eigenvalue weighted by Crippen LogP contribution is -2.12. The van der Waals surface area contributed by atoms with Gasteiger partial charge in [-0.3, -0.25) is 4.79 Å². The van der Waals surface area contributed by atoms with Gasteiger partial charge in [0.1, 0.15) is 18.1 Å². The Morgan fingerprint density at radius 1 is 1.00 bits per heavy atom. The van der Waals surface area contributed by atoms with Crippen LogP contribution < -0.4 is 14.8 Å². The van der Waals surface area contributed by atoms with Crippen molar-refractivity contribution >= 4 is 23.2 Å². The maximum atomic E-state index is 12.6. The topological polar surface area (TPSA) is 47.6 Å². The van der Waals surface area contributed by atoms with Crippen LogP contribution in [0, 0.1) is 6.92 Å². The first-order valence-electron chi connectivity index (χ1n) is 8.48. The lowest BCUT2D eigenvalue weighted by molar-refractivity contribution is 0.102. The van der Waals surface area contributed by atoms with Crippen LogP contribution in [-0.4, -0.2) is 13.0 Å². The number of halogens is 1. The molecule has 3 aromatic rings. The zero-order valence-electron chi connectivity index (χ0n) is 15.2. The molecule has 0 aromatic heterocycles. The first-order chi connectivity index (χ1) is 13.0. The molecule has 3 aromatic carbocycles. The molecule has 0 heterocycles. The number of carbonyl (C=O) groups excluding carboxylic acids is 1. The Kier molecular flexibility index (Phi) is 5.99. The molecule has 3 rings (SSSR count). The fourth-order valence-corrected chi connectivity index (χ4v) is 2.69. The third-order valence-electron chi connectivity index (χ3n) is 4.06. The number of carbonyl (C=O) groups is 1. The number of anilines is 1. The Labute approximate surface area is 163 Å². The molecule has 138 valence electrons. The van der Waals surface area contributed by atoms with Crippen molar-refractivity contribution in [3.63, 3.8) is 0 Å². The van der Waals surface area contributed by atoms with E-state index in [9.17, 15) is 4.79 Å². The Morgan fingerprint density at radius 3 is 2.37 bits per heavy atom. The number of amides is 1. The van der Waals surface area contributed by atoms with Gasteiger partial charge in [-0.05, 0) is 61.5 Å². The molecule has 0 saturated heterocycles. The average molecular weight is 382 g/mol. The number of hydrogen-bond acceptors (Lipinski definition) is 3. The molecular weight excluding hydrogens is 362 g/mol. The largest absolute Gasteiger partial charge is 0.496 e. The van der Waals surface area contributed by atoms with Crippen LogP contribution in [0.25, 0.3) is 0 Å². The maximum Gasteiger partial charge on any atom is 0.255 e. The van der Waals surface area contributed by atoms with Gasteiger partial charge in [0.05, 0.1) is 7.11 Å². The summed E-state index contributed by atoms with van der Waals surface area (Å²) < 4.78 is 11.2. The molecule has 0 unspecified atom stereocenters. The lowest BCUT2D eigenvalue weighted by atomic mass is 10.1. The second-order valence-electron chi connectivity index (χ2n) is 6.09. The number of benzene rings is 3. The third kappa shape index (κ3) is 5.02. The van der Waals surface area contributed by atoms with Crippen LogP contribution in [0.4, 0.5) is 5.69 Å². The summed E-state index contributed by atoms with van der Waals surface area (Å²) in [6.45, 7) is 2.28. The van der Waals surface area contributed by atoms with Gasteiger partial charge in [0.2, 0.25) is 0 Å². The summed E-state index contributed by atoms with van der Waals surface area (Å²) in [6, 6.07) is 20.0. The highest BCUT2D eigenvalue weighted by Crippen LogP contribution is 2.24. The van der Waals surface area contributed by atoms with Crippen LogP contribution in [0.5, 0.6) is 11.5 Å². The maximum absolute atomic E-state index is 12.6. The van der Waals surface area contributed by atoms with E-state index in [2.05, 4.69) is 5.32 Å². The van der Waals surface area contributed by atoms with Gasteiger partial charge in [0.25, 0.3) is 5.91 Å². The van der Waals surface area contributed by atoms with Crippen molar-refractivity contribution in [3.05, 3.63) is 88.4 Å². The van der Waals surface area contributed by atoms with Gasteiger partial charge in [-0.1, -0.05) is 29.3 Å². The molecule has 0 aliphatic heterocycles. The van der Waals surface area contributed by atoms with Gasteiger partial charge in [0.15, 0.2) is 0 Å². The minimum atomic E-state index is -0.186. The van der Waals surface area contributed by atoms with Gasteiger partial charge in [-0.25, -0.2) is 0 Å². The van der Waals surface area contributed by atoms with Crippen molar-refractivity contribution in [2.75, 3.05) is 12.4 Å². The van der Waals surface area contributed by atoms with E-state index in [4.69, 9.17) is 21.1 Å². The SMILES string of the molecule is COc1ccc(C(=O)Nc2ccc(C)cc2)cc1COc1ccc(Cl)cc1. The fourth-order valence-electron chi connectivity index (χ4n) is 2.56. The van der Waals surface area contributed by atoms with E-state index < -0.39 is 0 Å². The third-order valence-corrected chi connectivity index (χ3v) is 4.31. The number of methoxy groups -OCH3 is 1. The summed E-state index contributed by atoms with van der Waals surface area (Å²) in [6.07, 6.45) is 0. The molecule has 0 fully saturated rings. The molecule has 0 spiro atoms. The zero-order valence-corrected chi connectivity index (χ0v) is 15.9. The summed E-state index contributed by atoms with van der Waals surface area (Å²) in [5.41, 5.74) is 3.20. The van der Waals surface area contributed by atoms with E-state index in [0.29, 0.717) is 22.1 Å². The predicted molar refractivity (Wildman–Crippen MR) is 108 cm³/mol. The second-order valence-corrected chi connectivity index (χ2v) is 6.53. The Morgan fingerprint density at radius 2 is 1.70 bits per heavy atom. The molecule has 0 aliphatic rings. The van der Waals surface area contributed by atoms with Crippen molar-refractivity contribution in [2.45, 2.75) is 13.5 Å². The van der Waals surface area contributed by atoms with E-state index in [1.165, 1.54) is 0 Å². The Hall–Kier alpha value is -2.98. The summed E-state index contributed by atoms with van der Waals surface area (Å²) >= 11 is 5.89. The molecule has 4 nitrogen and oxygen atoms in total. The zero-order chi connectivity index (χ0) is 19.2. The highest BCUT2D eigenvalue weighted by Gasteiger charge is 2.11. The van der Waals surface area contributed by atoms with Gasteiger partial charge < -0.3 is 14.8 Å². The number of nitrogens with one attached hydrogen (secondary N) is 1. The Bertz CT molecular complexity index is 921. The smallest absolute Gasteiger partial charge is 0.255 e.